The molecule has 2 aromatic carbocycles. The van der Waals surface area contributed by atoms with Gasteiger partial charge in [0.05, 0.1) is 31.2 Å². The molecule has 12 nitrogen and oxygen atoms in total. The third-order valence-electron chi connectivity index (χ3n) is 10.5. The van der Waals surface area contributed by atoms with Crippen LogP contribution in [0.15, 0.2) is 65.8 Å². The van der Waals surface area contributed by atoms with Crippen molar-refractivity contribution in [2.45, 2.75) is 89.4 Å². The zero-order valence-electron chi connectivity index (χ0n) is 34.1. The van der Waals surface area contributed by atoms with Gasteiger partial charge in [0.25, 0.3) is 0 Å². The molecule has 0 saturated carbocycles. The lowest BCUT2D eigenvalue weighted by atomic mass is 9.75. The summed E-state index contributed by atoms with van der Waals surface area (Å²) in [6.45, 7) is 10.8. The van der Waals surface area contributed by atoms with E-state index in [-0.39, 0.29) is 30.5 Å². The molecular weight excluding hydrogens is 774 g/mol. The first-order valence-corrected chi connectivity index (χ1v) is 21.1. The second kappa shape index (κ2) is 16.6. The van der Waals surface area contributed by atoms with E-state index in [0.717, 1.165) is 23.4 Å². The quantitative estimate of drug-likeness (QED) is 0.148. The molecule has 3 heterocycles. The Labute approximate surface area is 338 Å². The number of ether oxygens (including phenoxy) is 3. The van der Waals surface area contributed by atoms with E-state index >= 15 is 0 Å². The Morgan fingerprint density at radius 3 is 1.93 bits per heavy atom. The predicted molar refractivity (Wildman–Crippen MR) is 214 cm³/mol. The zero-order chi connectivity index (χ0) is 42.2. The molecule has 1 aliphatic carbocycles. The molecular formula is C42H51F3N6O6S. The van der Waals surface area contributed by atoms with E-state index in [1.165, 1.54) is 6.07 Å². The number of alkyl halides is 3. The number of fused-ring (bicyclic) bond motifs is 1. The minimum Gasteiger partial charge on any atom is -0.497 e. The molecule has 2 unspecified atom stereocenters. The van der Waals surface area contributed by atoms with Crippen molar-refractivity contribution in [3.05, 3.63) is 94.3 Å². The Balaban J connectivity index is 1.39. The number of benzene rings is 2. The molecule has 1 aliphatic heterocycles. The summed E-state index contributed by atoms with van der Waals surface area (Å²) in [5, 5.41) is -0.403. The summed E-state index contributed by atoms with van der Waals surface area (Å²) in [5.74, 6) is 0.993. The Hall–Kier alpha value is -5.12. The molecule has 0 spiro atoms. The number of piperazine rings is 1. The molecule has 1 fully saturated rings. The van der Waals surface area contributed by atoms with Crippen LogP contribution in [-0.2, 0) is 46.7 Å². The van der Waals surface area contributed by atoms with Gasteiger partial charge in [-0.25, -0.2) is 28.2 Å². The van der Waals surface area contributed by atoms with Gasteiger partial charge in [-0.3, -0.25) is 0 Å². The van der Waals surface area contributed by atoms with Crippen LogP contribution in [0.5, 0.6) is 11.5 Å². The minimum atomic E-state index is -4.71. The largest absolute Gasteiger partial charge is 0.497 e. The maximum atomic E-state index is 14.9. The third-order valence-corrected chi connectivity index (χ3v) is 11.4. The fourth-order valence-corrected chi connectivity index (χ4v) is 8.09. The highest BCUT2D eigenvalue weighted by Crippen LogP contribution is 2.44. The number of hydrogen-bond donors (Lipinski definition) is 0. The highest BCUT2D eigenvalue weighted by Gasteiger charge is 2.42. The van der Waals surface area contributed by atoms with Crippen molar-refractivity contribution in [1.82, 2.24) is 19.9 Å². The number of nitrogens with zero attached hydrogens (tertiary/aromatic N) is 6. The lowest BCUT2D eigenvalue weighted by Gasteiger charge is -2.42. The number of carbonyl (C=O) groups excluding carboxylic acids is 1. The van der Waals surface area contributed by atoms with Gasteiger partial charge in [0, 0.05) is 56.5 Å². The Bertz CT molecular complexity index is 2170. The molecule has 2 aromatic heterocycles. The first kappa shape index (κ1) is 42.5. The Morgan fingerprint density at radius 1 is 0.845 bits per heavy atom. The molecule has 312 valence electrons. The highest BCUT2D eigenvalue weighted by atomic mass is 32.2. The number of hydrogen-bond acceptors (Lipinski definition) is 11. The molecule has 58 heavy (non-hydrogen) atoms. The van der Waals surface area contributed by atoms with Gasteiger partial charge in [-0.1, -0.05) is 31.2 Å². The van der Waals surface area contributed by atoms with Gasteiger partial charge in [0.2, 0.25) is 15.0 Å². The van der Waals surface area contributed by atoms with E-state index in [4.69, 9.17) is 19.2 Å². The maximum absolute atomic E-state index is 14.9. The number of anilines is 2. The minimum absolute atomic E-state index is 0.0112. The van der Waals surface area contributed by atoms with Gasteiger partial charge in [0.1, 0.15) is 28.7 Å². The lowest BCUT2D eigenvalue weighted by Crippen LogP contribution is -2.55. The van der Waals surface area contributed by atoms with E-state index in [9.17, 15) is 26.4 Å². The summed E-state index contributed by atoms with van der Waals surface area (Å²) in [6.07, 6.45) is -3.85. The van der Waals surface area contributed by atoms with Crippen molar-refractivity contribution in [2.24, 2.45) is 5.92 Å². The van der Waals surface area contributed by atoms with Gasteiger partial charge in [0.15, 0.2) is 0 Å². The summed E-state index contributed by atoms with van der Waals surface area (Å²) in [5.41, 5.74) is 1.19. The summed E-state index contributed by atoms with van der Waals surface area (Å²) >= 11 is 0. The van der Waals surface area contributed by atoms with E-state index in [2.05, 4.69) is 9.97 Å². The molecule has 6 rings (SSSR count). The van der Waals surface area contributed by atoms with Crippen LogP contribution < -0.4 is 19.3 Å². The molecule has 2 aliphatic rings. The van der Waals surface area contributed by atoms with Crippen LogP contribution in [0.2, 0.25) is 0 Å². The van der Waals surface area contributed by atoms with Crippen molar-refractivity contribution in [1.29, 1.82) is 0 Å². The molecule has 4 aromatic rings. The Morgan fingerprint density at radius 2 is 1.43 bits per heavy atom. The van der Waals surface area contributed by atoms with E-state index in [1.807, 2.05) is 72.2 Å². The molecule has 0 radical (unpaired) electrons. The maximum Gasteiger partial charge on any atom is 0.418 e. The van der Waals surface area contributed by atoms with Crippen molar-refractivity contribution in [3.8, 4) is 11.5 Å². The van der Waals surface area contributed by atoms with Gasteiger partial charge in [-0.15, -0.1) is 0 Å². The second-order valence-electron chi connectivity index (χ2n) is 16.1. The topological polar surface area (TPSA) is 127 Å². The molecule has 1 amide bonds. The van der Waals surface area contributed by atoms with Gasteiger partial charge in [-0.2, -0.15) is 13.2 Å². The highest BCUT2D eigenvalue weighted by molar-refractivity contribution is 7.90. The van der Waals surface area contributed by atoms with Crippen molar-refractivity contribution < 1.29 is 40.6 Å². The summed E-state index contributed by atoms with van der Waals surface area (Å²) < 4.78 is 87.0. The number of sulfone groups is 1. The monoisotopic (exact) mass is 824 g/mol. The van der Waals surface area contributed by atoms with Crippen molar-refractivity contribution in [3.63, 3.8) is 0 Å². The average Bonchev–Trinajstić information content (AvgIpc) is 3.16. The SMILES string of the molecule is COc1ccc(CN(Cc2ccc(OC)cc2)c2ccc(C(F)(F)F)c(C3Cc4nc(S(C)(=O)=O)nc(N5CCN(C(=O)OC(C)(C)C)C[C@@H]5C)c4CC3C)n2)cc1. The van der Waals surface area contributed by atoms with Crippen molar-refractivity contribution in [2.75, 3.05) is 49.9 Å². The second-order valence-corrected chi connectivity index (χ2v) is 18.0. The van der Waals surface area contributed by atoms with Crippen LogP contribution in [-0.4, -0.2) is 86.1 Å². The van der Waals surface area contributed by atoms with E-state index in [1.54, 1.807) is 39.9 Å². The summed E-state index contributed by atoms with van der Waals surface area (Å²) in [6, 6.07) is 17.1. The number of halogens is 3. The first-order valence-electron chi connectivity index (χ1n) is 19.2. The van der Waals surface area contributed by atoms with Crippen LogP contribution in [0.4, 0.5) is 29.6 Å². The zero-order valence-corrected chi connectivity index (χ0v) is 34.9. The fourth-order valence-electron chi connectivity index (χ4n) is 7.56. The molecule has 1 saturated heterocycles. The number of aromatic nitrogens is 3. The summed E-state index contributed by atoms with van der Waals surface area (Å²) in [7, 11) is -0.770. The number of rotatable bonds is 10. The first-order chi connectivity index (χ1) is 27.2. The average molecular weight is 825 g/mol. The van der Waals surface area contributed by atoms with Gasteiger partial charge >= 0.3 is 12.3 Å². The smallest absolute Gasteiger partial charge is 0.418 e. The molecule has 3 atom stereocenters. The number of methoxy groups -OCH3 is 2. The van der Waals surface area contributed by atoms with Crippen LogP contribution in [0, 0.1) is 5.92 Å². The van der Waals surface area contributed by atoms with Gasteiger partial charge < -0.3 is 28.9 Å². The standard InChI is InChI=1S/C42H51F3N6O6S/c1-26-21-33-35(46-39(58(8,53)54)48-38(33)51-20-19-49(23-27(51)2)40(52)57-41(3,4)5)22-32(26)37-34(42(43,44)45)17-18-36(47-37)50(24-28-9-13-30(55-6)14-10-28)25-29-11-15-31(56-7)16-12-29/h9-18,26-27,32H,19-25H2,1-8H3/t26?,27-,32?/m0/s1. The van der Waals surface area contributed by atoms with Gasteiger partial charge in [-0.05, 0) is 94.0 Å². The lowest BCUT2D eigenvalue weighted by molar-refractivity contribution is -0.138. The van der Waals surface area contributed by atoms with Crippen molar-refractivity contribution >= 4 is 27.6 Å². The normalized spacial score (nSPS) is 18.7. The van der Waals surface area contributed by atoms with Crippen LogP contribution in [0.3, 0.4) is 0 Å². The molecule has 16 heteroatoms. The third kappa shape index (κ3) is 9.76. The van der Waals surface area contributed by atoms with Crippen LogP contribution in [0.1, 0.15) is 74.2 Å². The van der Waals surface area contributed by atoms with Crippen LogP contribution >= 0.6 is 0 Å². The predicted octanol–water partition coefficient (Wildman–Crippen LogP) is 7.48. The fraction of sp³-hybridized carbons (Fsp3) is 0.476. The van der Waals surface area contributed by atoms with E-state index < -0.39 is 44.3 Å². The Kier molecular flexibility index (Phi) is 12.2. The number of pyridine rings is 1. The number of carbonyl (C=O) groups is 1. The number of amides is 1. The van der Waals surface area contributed by atoms with E-state index in [0.29, 0.717) is 67.1 Å². The summed E-state index contributed by atoms with van der Waals surface area (Å²) in [4.78, 5) is 32.3. The van der Waals surface area contributed by atoms with Crippen LogP contribution in [0.25, 0.3) is 0 Å². The molecule has 0 N–H and O–H groups in total. The molecule has 0 bridgehead atoms.